The van der Waals surface area contributed by atoms with Gasteiger partial charge in [-0.2, -0.15) is 0 Å². The summed E-state index contributed by atoms with van der Waals surface area (Å²) in [5.41, 5.74) is 6.28. The van der Waals surface area contributed by atoms with Crippen molar-refractivity contribution in [3.63, 3.8) is 0 Å². The lowest BCUT2D eigenvalue weighted by Crippen LogP contribution is -2.39. The molecule has 3 N–H and O–H groups in total. The summed E-state index contributed by atoms with van der Waals surface area (Å²) in [4.78, 5) is 13.5. The van der Waals surface area contributed by atoms with Crippen molar-refractivity contribution in [2.75, 3.05) is 32.5 Å². The summed E-state index contributed by atoms with van der Waals surface area (Å²) in [6.45, 7) is 1.45. The van der Waals surface area contributed by atoms with E-state index in [2.05, 4.69) is 0 Å². The predicted octanol–water partition coefficient (Wildman–Crippen LogP) is 0.256. The van der Waals surface area contributed by atoms with E-state index in [0.29, 0.717) is 31.8 Å². The van der Waals surface area contributed by atoms with Gasteiger partial charge in [0.2, 0.25) is 0 Å². The molecule has 1 aliphatic heterocycles. The molecule has 1 aliphatic rings. The van der Waals surface area contributed by atoms with Crippen molar-refractivity contribution >= 4 is 11.7 Å². The molecular weight excluding hydrogens is 260 g/mol. The van der Waals surface area contributed by atoms with Gasteiger partial charge in [-0.05, 0) is 24.3 Å². The predicted molar refractivity (Wildman–Crippen MR) is 74.4 cm³/mol. The number of benzene rings is 1. The number of likely N-dealkylation sites (tertiary alicyclic amines) is 1. The van der Waals surface area contributed by atoms with Crippen LogP contribution in [0.25, 0.3) is 0 Å². The van der Waals surface area contributed by atoms with Gasteiger partial charge in [0.25, 0.3) is 0 Å². The summed E-state index contributed by atoms with van der Waals surface area (Å²) in [7, 11) is 1.36. The zero-order valence-electron chi connectivity index (χ0n) is 11.5. The van der Waals surface area contributed by atoms with E-state index in [-0.39, 0.29) is 12.0 Å². The van der Waals surface area contributed by atoms with Crippen LogP contribution in [0.5, 0.6) is 5.75 Å². The van der Waals surface area contributed by atoms with Gasteiger partial charge >= 0.3 is 5.97 Å². The summed E-state index contributed by atoms with van der Waals surface area (Å²) in [6, 6.07) is 6.75. The molecule has 0 spiro atoms. The number of nitrogen functional groups attached to an aromatic ring is 1. The van der Waals surface area contributed by atoms with Gasteiger partial charge in [-0.25, -0.2) is 0 Å². The van der Waals surface area contributed by atoms with Crippen molar-refractivity contribution in [3.05, 3.63) is 24.3 Å². The van der Waals surface area contributed by atoms with Crippen molar-refractivity contribution in [3.8, 4) is 5.75 Å². The van der Waals surface area contributed by atoms with Crippen molar-refractivity contribution in [2.24, 2.45) is 0 Å². The van der Waals surface area contributed by atoms with E-state index in [4.69, 9.17) is 15.2 Å². The molecule has 1 saturated heterocycles. The summed E-state index contributed by atoms with van der Waals surface area (Å²) in [5, 5.41) is 9.66. The Morgan fingerprint density at radius 3 is 2.80 bits per heavy atom. The molecule has 0 amide bonds. The number of anilines is 1. The number of ether oxygens (including phenoxy) is 2. The minimum atomic E-state index is -0.490. The van der Waals surface area contributed by atoms with Crippen LogP contribution in [0, 0.1) is 0 Å². The smallest absolute Gasteiger partial charge is 0.323 e. The zero-order valence-corrected chi connectivity index (χ0v) is 11.5. The Morgan fingerprint density at radius 1 is 1.45 bits per heavy atom. The number of β-amino-alcohol motifs (C(OH)–C–C–N with tert-alkyl or cyclic N) is 1. The molecule has 0 aliphatic carbocycles. The van der Waals surface area contributed by atoms with Crippen LogP contribution in [-0.2, 0) is 9.53 Å². The number of aliphatic hydroxyl groups is 1. The Bertz CT molecular complexity index is 449. The first-order valence-electron chi connectivity index (χ1n) is 6.58. The summed E-state index contributed by atoms with van der Waals surface area (Å²) in [6.07, 6.45) is -0.0789. The number of carbonyl (C=O) groups excluding carboxylic acids is 1. The summed E-state index contributed by atoms with van der Waals surface area (Å²) >= 11 is 0. The lowest BCUT2D eigenvalue weighted by molar-refractivity contribution is -0.146. The van der Waals surface area contributed by atoms with Gasteiger partial charge in [0.1, 0.15) is 18.4 Å². The van der Waals surface area contributed by atoms with Crippen molar-refractivity contribution in [1.82, 2.24) is 4.90 Å². The number of nitrogens with zero attached hydrogens (tertiary/aromatic N) is 1. The monoisotopic (exact) mass is 280 g/mol. The molecule has 6 heteroatoms. The summed E-state index contributed by atoms with van der Waals surface area (Å²) in [5.74, 6) is 0.419. The Morgan fingerprint density at radius 2 is 2.15 bits per heavy atom. The molecule has 0 bridgehead atoms. The van der Waals surface area contributed by atoms with Gasteiger partial charge in [-0.1, -0.05) is 0 Å². The van der Waals surface area contributed by atoms with E-state index >= 15 is 0 Å². The van der Waals surface area contributed by atoms with E-state index < -0.39 is 6.10 Å². The van der Waals surface area contributed by atoms with E-state index in [1.807, 2.05) is 4.90 Å². The van der Waals surface area contributed by atoms with Crippen LogP contribution in [0.1, 0.15) is 6.42 Å². The van der Waals surface area contributed by atoms with Gasteiger partial charge in [0.05, 0.1) is 13.2 Å². The van der Waals surface area contributed by atoms with E-state index in [0.717, 1.165) is 5.75 Å². The Hall–Kier alpha value is -1.79. The highest BCUT2D eigenvalue weighted by Gasteiger charge is 2.36. The number of methoxy groups -OCH3 is 1. The second kappa shape index (κ2) is 6.58. The highest BCUT2D eigenvalue weighted by molar-refractivity contribution is 5.76. The molecule has 0 saturated carbocycles. The molecule has 1 aromatic carbocycles. The van der Waals surface area contributed by atoms with Crippen LogP contribution in [0.3, 0.4) is 0 Å². The van der Waals surface area contributed by atoms with Gasteiger partial charge in [-0.3, -0.25) is 9.69 Å². The maximum atomic E-state index is 11.6. The topological polar surface area (TPSA) is 85.0 Å². The molecule has 1 heterocycles. The summed E-state index contributed by atoms with van der Waals surface area (Å²) < 4.78 is 10.3. The van der Waals surface area contributed by atoms with Gasteiger partial charge in [0, 0.05) is 25.2 Å². The van der Waals surface area contributed by atoms with E-state index in [1.165, 1.54) is 7.11 Å². The van der Waals surface area contributed by atoms with E-state index in [9.17, 15) is 9.90 Å². The van der Waals surface area contributed by atoms with Crippen molar-refractivity contribution < 1.29 is 19.4 Å². The van der Waals surface area contributed by atoms with Crippen LogP contribution in [0.15, 0.2) is 24.3 Å². The molecule has 0 aromatic heterocycles. The highest BCUT2D eigenvalue weighted by atomic mass is 16.5. The SMILES string of the molecule is COC(=O)[C@@H]1C[C@@H](O)CN1CCOc1ccc(N)cc1. The average molecular weight is 280 g/mol. The third kappa shape index (κ3) is 3.61. The van der Waals surface area contributed by atoms with Crippen LogP contribution >= 0.6 is 0 Å². The number of hydrogen-bond donors (Lipinski definition) is 2. The lowest BCUT2D eigenvalue weighted by Gasteiger charge is -2.21. The molecule has 1 aromatic rings. The number of carbonyl (C=O) groups is 1. The standard InChI is InChI=1S/C14H20N2O4/c1-19-14(18)13-8-11(17)9-16(13)6-7-20-12-4-2-10(15)3-5-12/h2-5,11,13,17H,6-9,15H2,1H3/t11-,13+/m1/s1. The maximum Gasteiger partial charge on any atom is 0.323 e. The van der Waals surface area contributed by atoms with Gasteiger partial charge < -0.3 is 20.3 Å². The number of aliphatic hydroxyl groups excluding tert-OH is 1. The minimum absolute atomic E-state index is 0.311. The van der Waals surface area contributed by atoms with Crippen LogP contribution in [0.2, 0.25) is 0 Å². The quantitative estimate of drug-likeness (QED) is 0.594. The second-order valence-electron chi connectivity index (χ2n) is 4.84. The fourth-order valence-corrected chi connectivity index (χ4v) is 2.35. The zero-order chi connectivity index (χ0) is 14.5. The second-order valence-corrected chi connectivity index (χ2v) is 4.84. The number of esters is 1. The van der Waals surface area contributed by atoms with Crippen molar-refractivity contribution in [1.29, 1.82) is 0 Å². The Labute approximate surface area is 118 Å². The number of rotatable bonds is 5. The molecule has 0 unspecified atom stereocenters. The van der Waals surface area contributed by atoms with Gasteiger partial charge in [0.15, 0.2) is 0 Å². The molecular formula is C14H20N2O4. The Balaban J connectivity index is 1.83. The first-order valence-corrected chi connectivity index (χ1v) is 6.58. The first kappa shape index (κ1) is 14.6. The minimum Gasteiger partial charge on any atom is -0.492 e. The fraction of sp³-hybridized carbons (Fsp3) is 0.500. The van der Waals surface area contributed by atoms with Gasteiger partial charge in [-0.15, -0.1) is 0 Å². The lowest BCUT2D eigenvalue weighted by atomic mass is 10.2. The van der Waals surface area contributed by atoms with Crippen LogP contribution in [-0.4, -0.2) is 54.9 Å². The van der Waals surface area contributed by atoms with E-state index in [1.54, 1.807) is 24.3 Å². The fourth-order valence-electron chi connectivity index (χ4n) is 2.35. The maximum absolute atomic E-state index is 11.6. The molecule has 0 radical (unpaired) electrons. The van der Waals surface area contributed by atoms with Crippen LogP contribution < -0.4 is 10.5 Å². The molecule has 1 fully saturated rings. The molecule has 2 atom stereocenters. The molecule has 6 nitrogen and oxygen atoms in total. The number of nitrogens with two attached hydrogens (primary N) is 1. The largest absolute Gasteiger partial charge is 0.492 e. The van der Waals surface area contributed by atoms with Crippen LogP contribution in [0.4, 0.5) is 5.69 Å². The highest BCUT2D eigenvalue weighted by Crippen LogP contribution is 2.19. The number of hydrogen-bond acceptors (Lipinski definition) is 6. The third-order valence-corrected chi connectivity index (χ3v) is 3.38. The average Bonchev–Trinajstić information content (AvgIpc) is 2.81. The molecule has 2 rings (SSSR count). The third-order valence-electron chi connectivity index (χ3n) is 3.38. The molecule has 110 valence electrons. The normalized spacial score (nSPS) is 22.7. The first-order chi connectivity index (χ1) is 9.60. The molecule has 20 heavy (non-hydrogen) atoms. The van der Waals surface area contributed by atoms with Crippen molar-refractivity contribution in [2.45, 2.75) is 18.6 Å². The Kier molecular flexibility index (Phi) is 4.81.